The number of rotatable bonds is 3. The van der Waals surface area contributed by atoms with Crippen LogP contribution in [-0.4, -0.2) is 12.1 Å². The van der Waals surface area contributed by atoms with Crippen molar-refractivity contribution in [1.82, 2.24) is 5.43 Å². The van der Waals surface area contributed by atoms with Crippen LogP contribution in [0.15, 0.2) is 22.6 Å². The number of amides is 1. The van der Waals surface area contributed by atoms with Crippen molar-refractivity contribution in [2.45, 2.75) is 25.7 Å². The zero-order valence-electron chi connectivity index (χ0n) is 9.63. The summed E-state index contributed by atoms with van der Waals surface area (Å²) in [5.74, 6) is 1.76. The SMILES string of the molecule is O=C(NN=Cc1cccs1)C1CC2CCC1C2. The van der Waals surface area contributed by atoms with Gasteiger partial charge in [-0.05, 0) is 42.5 Å². The van der Waals surface area contributed by atoms with E-state index in [4.69, 9.17) is 0 Å². The van der Waals surface area contributed by atoms with Gasteiger partial charge >= 0.3 is 0 Å². The topological polar surface area (TPSA) is 41.5 Å². The summed E-state index contributed by atoms with van der Waals surface area (Å²) in [6, 6.07) is 3.96. The Morgan fingerprint density at radius 1 is 1.47 bits per heavy atom. The first-order chi connectivity index (χ1) is 8.33. The summed E-state index contributed by atoms with van der Waals surface area (Å²) in [7, 11) is 0. The van der Waals surface area contributed by atoms with Gasteiger partial charge in [-0.15, -0.1) is 11.3 Å². The summed E-state index contributed by atoms with van der Waals surface area (Å²) in [6.07, 6.45) is 6.61. The molecule has 3 atom stereocenters. The Bertz CT molecular complexity index is 427. The number of thiophene rings is 1. The van der Waals surface area contributed by atoms with Crippen LogP contribution in [-0.2, 0) is 4.79 Å². The fraction of sp³-hybridized carbons (Fsp3) is 0.538. The lowest BCUT2D eigenvalue weighted by Gasteiger charge is -2.19. The van der Waals surface area contributed by atoms with Crippen LogP contribution in [0.2, 0.25) is 0 Å². The van der Waals surface area contributed by atoms with Gasteiger partial charge in [0.1, 0.15) is 0 Å². The van der Waals surface area contributed by atoms with E-state index in [1.807, 2.05) is 17.5 Å². The Hall–Kier alpha value is -1.16. The highest BCUT2D eigenvalue weighted by Crippen LogP contribution is 2.48. The zero-order chi connectivity index (χ0) is 11.7. The molecule has 1 amide bonds. The number of fused-ring (bicyclic) bond motifs is 2. The number of carbonyl (C=O) groups is 1. The smallest absolute Gasteiger partial charge is 0.243 e. The molecule has 2 aliphatic rings. The van der Waals surface area contributed by atoms with Crippen LogP contribution in [0.1, 0.15) is 30.6 Å². The molecule has 2 saturated carbocycles. The van der Waals surface area contributed by atoms with E-state index < -0.39 is 0 Å². The lowest BCUT2D eigenvalue weighted by atomic mass is 9.88. The number of hydrazone groups is 1. The summed E-state index contributed by atoms with van der Waals surface area (Å²) < 4.78 is 0. The lowest BCUT2D eigenvalue weighted by Crippen LogP contribution is -2.30. The normalized spacial score (nSPS) is 31.2. The molecule has 0 aromatic carbocycles. The summed E-state index contributed by atoms with van der Waals surface area (Å²) >= 11 is 1.62. The van der Waals surface area contributed by atoms with Crippen molar-refractivity contribution >= 4 is 23.5 Å². The highest BCUT2D eigenvalue weighted by Gasteiger charge is 2.42. The van der Waals surface area contributed by atoms with Crippen LogP contribution < -0.4 is 5.43 Å². The van der Waals surface area contributed by atoms with Gasteiger partial charge in [-0.2, -0.15) is 5.10 Å². The van der Waals surface area contributed by atoms with Crippen molar-refractivity contribution in [3.05, 3.63) is 22.4 Å². The molecule has 90 valence electrons. The molecule has 3 unspecified atom stereocenters. The molecular weight excluding hydrogens is 232 g/mol. The standard InChI is InChI=1S/C13H16N2OS/c16-13(12-7-9-3-4-10(12)6-9)15-14-8-11-2-1-5-17-11/h1-2,5,8-10,12H,3-4,6-7H2,(H,15,16). The van der Waals surface area contributed by atoms with Crippen LogP contribution in [0, 0.1) is 17.8 Å². The van der Waals surface area contributed by atoms with Gasteiger partial charge in [-0.1, -0.05) is 12.5 Å². The van der Waals surface area contributed by atoms with Gasteiger partial charge in [0.2, 0.25) is 5.91 Å². The summed E-state index contributed by atoms with van der Waals surface area (Å²) in [5, 5.41) is 6.03. The average molecular weight is 248 g/mol. The molecule has 2 aliphatic carbocycles. The van der Waals surface area contributed by atoms with Crippen molar-refractivity contribution in [2.75, 3.05) is 0 Å². The Morgan fingerprint density at radius 2 is 2.41 bits per heavy atom. The summed E-state index contributed by atoms with van der Waals surface area (Å²) in [5.41, 5.74) is 2.68. The number of hydrogen-bond acceptors (Lipinski definition) is 3. The maximum atomic E-state index is 11.9. The predicted molar refractivity (Wildman–Crippen MR) is 69.0 cm³/mol. The summed E-state index contributed by atoms with van der Waals surface area (Å²) in [6.45, 7) is 0. The van der Waals surface area contributed by atoms with E-state index in [0.29, 0.717) is 5.92 Å². The molecule has 1 aromatic rings. The molecule has 1 heterocycles. The van der Waals surface area contributed by atoms with Crippen molar-refractivity contribution in [3.8, 4) is 0 Å². The molecule has 0 radical (unpaired) electrons. The van der Waals surface area contributed by atoms with E-state index in [-0.39, 0.29) is 11.8 Å². The van der Waals surface area contributed by atoms with Crippen molar-refractivity contribution in [2.24, 2.45) is 22.9 Å². The van der Waals surface area contributed by atoms with Crippen LogP contribution in [0.3, 0.4) is 0 Å². The van der Waals surface area contributed by atoms with Crippen molar-refractivity contribution < 1.29 is 4.79 Å². The van der Waals surface area contributed by atoms with Gasteiger partial charge in [0, 0.05) is 10.8 Å². The Balaban J connectivity index is 1.54. The molecule has 0 saturated heterocycles. The molecule has 2 bridgehead atoms. The van der Waals surface area contributed by atoms with E-state index in [0.717, 1.165) is 17.2 Å². The maximum Gasteiger partial charge on any atom is 0.243 e. The monoisotopic (exact) mass is 248 g/mol. The molecule has 1 aromatic heterocycles. The lowest BCUT2D eigenvalue weighted by molar-refractivity contribution is -0.126. The molecule has 3 rings (SSSR count). The van der Waals surface area contributed by atoms with Gasteiger partial charge in [0.25, 0.3) is 0 Å². The Labute approximate surface area is 105 Å². The minimum absolute atomic E-state index is 0.116. The Kier molecular flexibility index (Phi) is 2.97. The highest BCUT2D eigenvalue weighted by molar-refractivity contribution is 7.11. The fourth-order valence-electron chi connectivity index (χ4n) is 3.17. The molecular formula is C13H16N2OS. The average Bonchev–Trinajstić information content (AvgIpc) is 3.05. The highest BCUT2D eigenvalue weighted by atomic mass is 32.1. The minimum Gasteiger partial charge on any atom is -0.273 e. The third kappa shape index (κ3) is 2.27. The number of hydrogen-bond donors (Lipinski definition) is 1. The van der Waals surface area contributed by atoms with Gasteiger partial charge in [-0.25, -0.2) is 5.43 Å². The largest absolute Gasteiger partial charge is 0.273 e. The molecule has 17 heavy (non-hydrogen) atoms. The van der Waals surface area contributed by atoms with Crippen LogP contribution >= 0.6 is 11.3 Å². The quantitative estimate of drug-likeness (QED) is 0.648. The zero-order valence-corrected chi connectivity index (χ0v) is 10.5. The first-order valence-electron chi connectivity index (χ1n) is 6.19. The first-order valence-corrected chi connectivity index (χ1v) is 7.07. The minimum atomic E-state index is 0.116. The molecule has 2 fully saturated rings. The first kappa shape index (κ1) is 11.0. The third-order valence-corrected chi connectivity index (χ3v) is 4.79. The van der Waals surface area contributed by atoms with E-state index >= 15 is 0 Å². The van der Waals surface area contributed by atoms with Crippen LogP contribution in [0.5, 0.6) is 0 Å². The maximum absolute atomic E-state index is 11.9. The molecule has 1 N–H and O–H groups in total. The van der Waals surface area contributed by atoms with Crippen LogP contribution in [0.25, 0.3) is 0 Å². The molecule has 0 spiro atoms. The molecule has 0 aliphatic heterocycles. The number of carbonyl (C=O) groups excluding carboxylic acids is 1. The number of nitrogens with one attached hydrogen (secondary N) is 1. The second-order valence-electron chi connectivity index (χ2n) is 5.03. The van der Waals surface area contributed by atoms with E-state index in [1.165, 1.54) is 19.3 Å². The van der Waals surface area contributed by atoms with E-state index in [2.05, 4.69) is 10.5 Å². The van der Waals surface area contributed by atoms with Gasteiger partial charge in [-0.3, -0.25) is 4.79 Å². The van der Waals surface area contributed by atoms with Crippen LogP contribution in [0.4, 0.5) is 0 Å². The van der Waals surface area contributed by atoms with E-state index in [9.17, 15) is 4.79 Å². The van der Waals surface area contributed by atoms with Gasteiger partial charge in [0.15, 0.2) is 0 Å². The second-order valence-corrected chi connectivity index (χ2v) is 6.01. The summed E-state index contributed by atoms with van der Waals surface area (Å²) in [4.78, 5) is 13.0. The van der Waals surface area contributed by atoms with Crippen molar-refractivity contribution in [3.63, 3.8) is 0 Å². The Morgan fingerprint density at radius 3 is 3.06 bits per heavy atom. The van der Waals surface area contributed by atoms with Crippen molar-refractivity contribution in [1.29, 1.82) is 0 Å². The van der Waals surface area contributed by atoms with Gasteiger partial charge < -0.3 is 0 Å². The molecule has 4 heteroatoms. The number of nitrogens with zero attached hydrogens (tertiary/aromatic N) is 1. The molecule has 3 nitrogen and oxygen atoms in total. The third-order valence-electron chi connectivity index (χ3n) is 3.98. The fourth-order valence-corrected chi connectivity index (χ4v) is 3.76. The second kappa shape index (κ2) is 4.61. The van der Waals surface area contributed by atoms with E-state index in [1.54, 1.807) is 17.6 Å². The predicted octanol–water partition coefficient (Wildman–Crippen LogP) is 2.63. The van der Waals surface area contributed by atoms with Gasteiger partial charge in [0.05, 0.1) is 6.21 Å².